The highest BCUT2D eigenvalue weighted by Crippen LogP contribution is 2.44. The van der Waals surface area contributed by atoms with Crippen molar-refractivity contribution in [1.82, 2.24) is 10.3 Å². The number of aromatic nitrogens is 1. The second-order valence-corrected chi connectivity index (χ2v) is 11.2. The number of ether oxygens (including phenoxy) is 1. The molecule has 0 saturated heterocycles. The van der Waals surface area contributed by atoms with Crippen molar-refractivity contribution in [3.63, 3.8) is 0 Å². The standard InChI is InChI=1S/C32H33N3O3S/c1-19-8-11-24(12-9-19)39-18-23-17-22(10-13-27(23)38-4)30-29(32(37)35-28-16-20(2)14-15-33-28)21(3)34-25-6-5-7-26(36)31(25)30/h8-17,30,34H,5-7,18H2,1-4H3,(H,33,35,37). The fraction of sp³-hybridized carbons (Fsp3) is 0.281. The van der Waals surface area contributed by atoms with Gasteiger partial charge in [0, 0.05) is 57.3 Å². The first kappa shape index (κ1) is 26.8. The van der Waals surface area contributed by atoms with Gasteiger partial charge in [-0.1, -0.05) is 29.8 Å². The van der Waals surface area contributed by atoms with Gasteiger partial charge in [0.2, 0.25) is 0 Å². The molecule has 0 saturated carbocycles. The maximum absolute atomic E-state index is 13.8. The average molecular weight is 540 g/mol. The van der Waals surface area contributed by atoms with Gasteiger partial charge in [-0.25, -0.2) is 4.98 Å². The summed E-state index contributed by atoms with van der Waals surface area (Å²) in [7, 11) is 1.67. The minimum absolute atomic E-state index is 0.0895. The maximum atomic E-state index is 13.8. The molecular formula is C32H33N3O3S. The summed E-state index contributed by atoms with van der Waals surface area (Å²) in [5.41, 5.74) is 7.05. The van der Waals surface area contributed by atoms with Crippen LogP contribution in [0, 0.1) is 13.8 Å². The van der Waals surface area contributed by atoms with E-state index < -0.39 is 5.92 Å². The molecular weight excluding hydrogens is 506 g/mol. The Morgan fingerprint density at radius 1 is 1.05 bits per heavy atom. The zero-order valence-electron chi connectivity index (χ0n) is 22.8. The largest absolute Gasteiger partial charge is 0.496 e. The summed E-state index contributed by atoms with van der Waals surface area (Å²) in [6.07, 6.45) is 3.75. The van der Waals surface area contributed by atoms with Crippen molar-refractivity contribution in [2.75, 3.05) is 12.4 Å². The third-order valence-corrected chi connectivity index (χ3v) is 8.29. The van der Waals surface area contributed by atoms with Crippen LogP contribution in [0.15, 0.2) is 88.2 Å². The molecule has 1 atom stereocenters. The van der Waals surface area contributed by atoms with Crippen molar-refractivity contribution in [1.29, 1.82) is 0 Å². The number of carbonyl (C=O) groups excluding carboxylic acids is 2. The Labute approximate surface area is 234 Å². The molecule has 0 spiro atoms. The summed E-state index contributed by atoms with van der Waals surface area (Å²) in [5.74, 6) is 1.31. The molecule has 1 aliphatic carbocycles. The van der Waals surface area contributed by atoms with E-state index in [-0.39, 0.29) is 11.7 Å². The number of Topliss-reactive ketones (excluding diaryl/α,β-unsaturated/α-hetero) is 1. The summed E-state index contributed by atoms with van der Waals surface area (Å²) >= 11 is 1.73. The number of methoxy groups -OCH3 is 1. The quantitative estimate of drug-likeness (QED) is 0.329. The van der Waals surface area contributed by atoms with Gasteiger partial charge in [-0.05, 0) is 75.1 Å². The van der Waals surface area contributed by atoms with Gasteiger partial charge in [0.05, 0.1) is 7.11 Å². The number of ketones is 1. The van der Waals surface area contributed by atoms with Crippen molar-refractivity contribution in [2.45, 2.75) is 56.6 Å². The minimum atomic E-state index is -0.479. The second kappa shape index (κ2) is 11.5. The van der Waals surface area contributed by atoms with Crippen LogP contribution < -0.4 is 15.4 Å². The van der Waals surface area contributed by atoms with Crippen LogP contribution in [0.1, 0.15) is 54.4 Å². The van der Waals surface area contributed by atoms with Crippen molar-refractivity contribution in [3.8, 4) is 5.75 Å². The Bertz CT molecular complexity index is 1490. The predicted molar refractivity (Wildman–Crippen MR) is 156 cm³/mol. The van der Waals surface area contributed by atoms with Gasteiger partial charge in [-0.15, -0.1) is 11.8 Å². The number of dihydropyridines is 1. The number of benzene rings is 2. The molecule has 200 valence electrons. The highest BCUT2D eigenvalue weighted by atomic mass is 32.2. The molecule has 0 radical (unpaired) electrons. The van der Waals surface area contributed by atoms with Gasteiger partial charge < -0.3 is 15.4 Å². The lowest BCUT2D eigenvalue weighted by molar-refractivity contribution is -0.116. The number of carbonyl (C=O) groups is 2. The Morgan fingerprint density at radius 2 is 1.85 bits per heavy atom. The number of pyridine rings is 1. The smallest absolute Gasteiger partial charge is 0.255 e. The normalized spacial score (nSPS) is 17.0. The fourth-order valence-corrected chi connectivity index (χ4v) is 6.17. The minimum Gasteiger partial charge on any atom is -0.496 e. The van der Waals surface area contributed by atoms with Crippen LogP contribution in [-0.2, 0) is 15.3 Å². The van der Waals surface area contributed by atoms with E-state index >= 15 is 0 Å². The summed E-state index contributed by atoms with van der Waals surface area (Å²) < 4.78 is 5.70. The molecule has 39 heavy (non-hydrogen) atoms. The Hall–Kier alpha value is -3.84. The van der Waals surface area contributed by atoms with Crippen LogP contribution in [0.25, 0.3) is 0 Å². The average Bonchev–Trinajstić information content (AvgIpc) is 2.92. The molecule has 1 amide bonds. The number of allylic oxidation sites excluding steroid dienone is 3. The predicted octanol–water partition coefficient (Wildman–Crippen LogP) is 6.61. The lowest BCUT2D eigenvalue weighted by Crippen LogP contribution is -2.35. The second-order valence-electron chi connectivity index (χ2n) is 10.1. The maximum Gasteiger partial charge on any atom is 0.255 e. The zero-order valence-corrected chi connectivity index (χ0v) is 23.6. The molecule has 1 aliphatic heterocycles. The molecule has 3 aromatic rings. The van der Waals surface area contributed by atoms with Gasteiger partial charge >= 0.3 is 0 Å². The molecule has 2 aromatic carbocycles. The molecule has 1 unspecified atom stereocenters. The van der Waals surface area contributed by atoms with Crippen molar-refractivity contribution in [3.05, 3.63) is 106 Å². The molecule has 6 nitrogen and oxygen atoms in total. The molecule has 0 bridgehead atoms. The number of thioether (sulfide) groups is 1. The van der Waals surface area contributed by atoms with Crippen LogP contribution in [0.4, 0.5) is 5.82 Å². The van der Waals surface area contributed by atoms with Crippen molar-refractivity contribution in [2.24, 2.45) is 0 Å². The third-order valence-electron chi connectivity index (χ3n) is 7.23. The summed E-state index contributed by atoms with van der Waals surface area (Å²) in [5, 5.41) is 6.36. The molecule has 5 rings (SSSR count). The first-order valence-corrected chi connectivity index (χ1v) is 14.2. The van der Waals surface area contributed by atoms with E-state index in [2.05, 4.69) is 52.9 Å². The zero-order chi connectivity index (χ0) is 27.5. The van der Waals surface area contributed by atoms with Gasteiger partial charge in [0.25, 0.3) is 5.91 Å². The van der Waals surface area contributed by atoms with E-state index in [4.69, 9.17) is 4.74 Å². The Morgan fingerprint density at radius 3 is 2.59 bits per heavy atom. The first-order chi connectivity index (χ1) is 18.8. The van der Waals surface area contributed by atoms with Crippen LogP contribution in [0.5, 0.6) is 5.75 Å². The van der Waals surface area contributed by atoms with Gasteiger partial charge in [-0.3, -0.25) is 9.59 Å². The van der Waals surface area contributed by atoms with Crippen molar-refractivity contribution < 1.29 is 14.3 Å². The first-order valence-electron chi connectivity index (χ1n) is 13.2. The van der Waals surface area contributed by atoms with Crippen molar-refractivity contribution >= 4 is 29.3 Å². The molecule has 2 heterocycles. The van der Waals surface area contributed by atoms with Gasteiger partial charge in [-0.2, -0.15) is 0 Å². The fourth-order valence-electron chi connectivity index (χ4n) is 5.29. The number of nitrogens with one attached hydrogen (secondary N) is 2. The molecule has 7 heteroatoms. The van der Waals surface area contributed by atoms with Crippen LogP contribution >= 0.6 is 11.8 Å². The lowest BCUT2D eigenvalue weighted by Gasteiger charge is -2.34. The van der Waals surface area contributed by atoms with Gasteiger partial charge in [0.1, 0.15) is 11.6 Å². The SMILES string of the molecule is COc1ccc(C2C(C(=O)Nc3cc(C)ccn3)=C(C)NC3=C2C(=O)CCC3)cc1CSc1ccc(C)cc1. The highest BCUT2D eigenvalue weighted by Gasteiger charge is 2.38. The van der Waals surface area contributed by atoms with E-state index in [0.29, 0.717) is 29.1 Å². The third kappa shape index (κ3) is 5.78. The van der Waals surface area contributed by atoms with E-state index in [1.807, 2.05) is 38.1 Å². The monoisotopic (exact) mass is 539 g/mol. The van der Waals surface area contributed by atoms with Crippen LogP contribution in [-0.4, -0.2) is 23.8 Å². The number of rotatable bonds is 7. The van der Waals surface area contributed by atoms with E-state index in [1.165, 1.54) is 10.5 Å². The van der Waals surface area contributed by atoms with E-state index in [1.54, 1.807) is 25.1 Å². The number of hydrogen-bond donors (Lipinski definition) is 2. The van der Waals surface area contributed by atoms with Crippen LogP contribution in [0.2, 0.25) is 0 Å². The topological polar surface area (TPSA) is 80.3 Å². The van der Waals surface area contributed by atoms with E-state index in [9.17, 15) is 9.59 Å². The molecule has 2 N–H and O–H groups in total. The Balaban J connectivity index is 1.54. The van der Waals surface area contributed by atoms with E-state index in [0.717, 1.165) is 46.7 Å². The number of nitrogens with zero attached hydrogens (tertiary/aromatic N) is 1. The lowest BCUT2D eigenvalue weighted by atomic mass is 9.74. The molecule has 1 aromatic heterocycles. The molecule has 2 aliphatic rings. The number of anilines is 1. The summed E-state index contributed by atoms with van der Waals surface area (Å²) in [6.45, 7) is 5.94. The highest BCUT2D eigenvalue weighted by molar-refractivity contribution is 7.98. The summed E-state index contributed by atoms with van der Waals surface area (Å²) in [4.78, 5) is 32.6. The number of aryl methyl sites for hydroxylation is 2. The van der Waals surface area contributed by atoms with Gasteiger partial charge in [0.15, 0.2) is 5.78 Å². The number of amides is 1. The summed E-state index contributed by atoms with van der Waals surface area (Å²) in [6, 6.07) is 18.2. The Kier molecular flexibility index (Phi) is 7.89. The van der Waals surface area contributed by atoms with Crippen LogP contribution in [0.3, 0.4) is 0 Å². The number of hydrogen-bond acceptors (Lipinski definition) is 6. The molecule has 0 fully saturated rings.